The van der Waals surface area contributed by atoms with Gasteiger partial charge in [0.1, 0.15) is 0 Å². The highest BCUT2D eigenvalue weighted by Gasteiger charge is 2.21. The number of ether oxygens (including phenoxy) is 1. The number of hydrogen-bond acceptors (Lipinski definition) is 4. The molecule has 6 heteroatoms. The average molecular weight is 261 g/mol. The van der Waals surface area contributed by atoms with Gasteiger partial charge in [-0.15, -0.1) is 0 Å². The van der Waals surface area contributed by atoms with E-state index in [1.165, 1.54) is 6.92 Å². The highest BCUT2D eigenvalue weighted by atomic mass is 16.5. The van der Waals surface area contributed by atoms with Gasteiger partial charge in [0.15, 0.2) is 11.8 Å². The first-order valence-corrected chi connectivity index (χ1v) is 6.05. The number of fused-ring (bicyclic) bond motifs is 1. The third-order valence-corrected chi connectivity index (χ3v) is 2.67. The second-order valence-corrected chi connectivity index (χ2v) is 4.06. The fourth-order valence-electron chi connectivity index (χ4n) is 1.71. The van der Waals surface area contributed by atoms with Gasteiger partial charge < -0.3 is 10.1 Å². The van der Waals surface area contributed by atoms with E-state index in [2.05, 4.69) is 15.5 Å². The summed E-state index contributed by atoms with van der Waals surface area (Å²) in [6.45, 7) is 3.82. The van der Waals surface area contributed by atoms with Crippen LogP contribution in [0.4, 0.5) is 0 Å². The van der Waals surface area contributed by atoms with Gasteiger partial charge in [0.05, 0.1) is 5.52 Å². The number of esters is 1. The first-order valence-electron chi connectivity index (χ1n) is 6.05. The monoisotopic (exact) mass is 261 g/mol. The maximum absolute atomic E-state index is 12.0. The molecule has 0 aliphatic carbocycles. The molecule has 0 saturated carbocycles. The minimum Gasteiger partial charge on any atom is -0.448 e. The third-order valence-electron chi connectivity index (χ3n) is 2.67. The maximum atomic E-state index is 12.0. The van der Waals surface area contributed by atoms with Gasteiger partial charge in [0.25, 0.3) is 5.91 Å². The fourth-order valence-corrected chi connectivity index (χ4v) is 1.71. The molecule has 0 aliphatic rings. The molecule has 1 aromatic heterocycles. The summed E-state index contributed by atoms with van der Waals surface area (Å²) in [6, 6.07) is 7.23. The molecular weight excluding hydrogens is 246 g/mol. The predicted octanol–water partition coefficient (Wildman–Crippen LogP) is 1.24. The van der Waals surface area contributed by atoms with Gasteiger partial charge in [-0.05, 0) is 19.9 Å². The van der Waals surface area contributed by atoms with Crippen LogP contribution in [0.15, 0.2) is 24.3 Å². The van der Waals surface area contributed by atoms with E-state index in [-0.39, 0.29) is 11.6 Å². The van der Waals surface area contributed by atoms with E-state index in [9.17, 15) is 9.59 Å². The maximum Gasteiger partial charge on any atom is 0.360 e. The minimum absolute atomic E-state index is 0.187. The van der Waals surface area contributed by atoms with Crippen molar-refractivity contribution in [2.75, 3.05) is 6.54 Å². The Morgan fingerprint density at radius 2 is 2.16 bits per heavy atom. The van der Waals surface area contributed by atoms with Crippen LogP contribution in [0.1, 0.15) is 24.3 Å². The Hall–Kier alpha value is -2.37. The minimum atomic E-state index is -0.845. The van der Waals surface area contributed by atoms with E-state index in [0.29, 0.717) is 11.9 Å². The smallest absolute Gasteiger partial charge is 0.360 e. The number of rotatable bonds is 4. The standard InChI is InChI=1S/C13H15N3O3/c1-3-14-12(17)8(2)19-13(18)11-9-6-4-5-7-10(9)15-16-11/h4-8H,3H2,1-2H3,(H,14,17)(H,15,16)/t8-/m0/s1. The van der Waals surface area contributed by atoms with Gasteiger partial charge in [0.2, 0.25) is 0 Å². The lowest BCUT2D eigenvalue weighted by Gasteiger charge is -2.11. The summed E-state index contributed by atoms with van der Waals surface area (Å²) in [5.74, 6) is -0.938. The zero-order valence-corrected chi connectivity index (χ0v) is 10.8. The molecular formula is C13H15N3O3. The number of amides is 1. The zero-order chi connectivity index (χ0) is 13.8. The van der Waals surface area contributed by atoms with E-state index in [1.54, 1.807) is 13.0 Å². The molecule has 19 heavy (non-hydrogen) atoms. The van der Waals surface area contributed by atoms with Gasteiger partial charge >= 0.3 is 5.97 Å². The normalized spacial score (nSPS) is 12.1. The van der Waals surface area contributed by atoms with Crippen LogP contribution < -0.4 is 5.32 Å². The van der Waals surface area contributed by atoms with Crippen molar-refractivity contribution in [2.45, 2.75) is 20.0 Å². The Labute approximate surface area is 110 Å². The highest BCUT2D eigenvalue weighted by Crippen LogP contribution is 2.16. The van der Waals surface area contributed by atoms with Crippen LogP contribution in [-0.4, -0.2) is 34.7 Å². The van der Waals surface area contributed by atoms with Crippen LogP contribution in [0.5, 0.6) is 0 Å². The molecule has 0 aliphatic heterocycles. The molecule has 1 atom stereocenters. The molecule has 0 unspecified atom stereocenters. The summed E-state index contributed by atoms with van der Waals surface area (Å²) < 4.78 is 5.08. The van der Waals surface area contributed by atoms with Gasteiger partial charge in [-0.1, -0.05) is 18.2 Å². The van der Waals surface area contributed by atoms with E-state index < -0.39 is 12.1 Å². The van der Waals surface area contributed by atoms with Crippen LogP contribution in [0.25, 0.3) is 10.9 Å². The fraction of sp³-hybridized carbons (Fsp3) is 0.308. The Balaban J connectivity index is 2.14. The van der Waals surface area contributed by atoms with Crippen molar-refractivity contribution in [1.29, 1.82) is 0 Å². The molecule has 0 bridgehead atoms. The average Bonchev–Trinajstić information content (AvgIpc) is 2.82. The number of aromatic amines is 1. The van der Waals surface area contributed by atoms with Gasteiger partial charge in [-0.25, -0.2) is 4.79 Å². The van der Waals surface area contributed by atoms with Gasteiger partial charge in [-0.3, -0.25) is 9.89 Å². The second-order valence-electron chi connectivity index (χ2n) is 4.06. The van der Waals surface area contributed by atoms with Crippen molar-refractivity contribution in [2.24, 2.45) is 0 Å². The van der Waals surface area contributed by atoms with Crippen LogP contribution in [-0.2, 0) is 9.53 Å². The zero-order valence-electron chi connectivity index (χ0n) is 10.8. The number of benzene rings is 1. The molecule has 1 aromatic carbocycles. The molecule has 0 fully saturated rings. The van der Waals surface area contributed by atoms with Crippen molar-refractivity contribution in [1.82, 2.24) is 15.5 Å². The number of likely N-dealkylation sites (N-methyl/N-ethyl adjacent to an activating group) is 1. The number of hydrogen-bond donors (Lipinski definition) is 2. The number of para-hydroxylation sites is 1. The molecule has 0 saturated heterocycles. The molecule has 1 amide bonds. The Kier molecular flexibility index (Phi) is 3.79. The largest absolute Gasteiger partial charge is 0.448 e. The van der Waals surface area contributed by atoms with Crippen molar-refractivity contribution < 1.29 is 14.3 Å². The molecule has 100 valence electrons. The second kappa shape index (κ2) is 5.51. The number of nitrogens with one attached hydrogen (secondary N) is 2. The highest BCUT2D eigenvalue weighted by molar-refractivity contribution is 6.02. The summed E-state index contributed by atoms with van der Waals surface area (Å²) in [6.07, 6.45) is -0.845. The summed E-state index contributed by atoms with van der Waals surface area (Å²) in [5.41, 5.74) is 0.937. The summed E-state index contributed by atoms with van der Waals surface area (Å²) in [4.78, 5) is 23.4. The van der Waals surface area contributed by atoms with Crippen LogP contribution >= 0.6 is 0 Å². The topological polar surface area (TPSA) is 84.1 Å². The first kappa shape index (κ1) is 13.1. The molecule has 1 heterocycles. The lowest BCUT2D eigenvalue weighted by atomic mass is 10.2. The lowest BCUT2D eigenvalue weighted by molar-refractivity contribution is -0.128. The molecule has 2 rings (SSSR count). The Morgan fingerprint density at radius 3 is 2.89 bits per heavy atom. The van der Waals surface area contributed by atoms with Crippen LogP contribution in [0.2, 0.25) is 0 Å². The SMILES string of the molecule is CCNC(=O)[C@H](C)OC(=O)c1n[nH]c2ccccc12. The Bertz CT molecular complexity index is 606. The van der Waals surface area contributed by atoms with Crippen molar-refractivity contribution in [3.63, 3.8) is 0 Å². The van der Waals surface area contributed by atoms with Crippen molar-refractivity contribution in [3.8, 4) is 0 Å². The number of carbonyl (C=O) groups is 2. The van der Waals surface area contributed by atoms with Crippen molar-refractivity contribution in [3.05, 3.63) is 30.0 Å². The van der Waals surface area contributed by atoms with Crippen LogP contribution in [0.3, 0.4) is 0 Å². The van der Waals surface area contributed by atoms with Crippen molar-refractivity contribution >= 4 is 22.8 Å². The van der Waals surface area contributed by atoms with Crippen LogP contribution in [0, 0.1) is 0 Å². The van der Waals surface area contributed by atoms with Gasteiger partial charge in [-0.2, -0.15) is 5.10 Å². The summed E-state index contributed by atoms with van der Waals surface area (Å²) in [5, 5.41) is 9.93. The van der Waals surface area contributed by atoms with E-state index >= 15 is 0 Å². The van der Waals surface area contributed by atoms with E-state index in [1.807, 2.05) is 18.2 Å². The molecule has 0 spiro atoms. The van der Waals surface area contributed by atoms with Gasteiger partial charge in [0, 0.05) is 11.9 Å². The Morgan fingerprint density at radius 1 is 1.42 bits per heavy atom. The lowest BCUT2D eigenvalue weighted by Crippen LogP contribution is -2.35. The number of nitrogens with zero attached hydrogens (tertiary/aromatic N) is 1. The number of carbonyl (C=O) groups excluding carboxylic acids is 2. The quantitative estimate of drug-likeness (QED) is 0.811. The molecule has 0 radical (unpaired) electrons. The molecule has 6 nitrogen and oxygen atoms in total. The predicted molar refractivity (Wildman–Crippen MR) is 69.7 cm³/mol. The molecule has 2 aromatic rings. The first-order chi connectivity index (χ1) is 9.13. The van der Waals surface area contributed by atoms with E-state index in [4.69, 9.17) is 4.74 Å². The summed E-state index contributed by atoms with van der Waals surface area (Å²) >= 11 is 0. The molecule has 2 N–H and O–H groups in total. The van der Waals surface area contributed by atoms with E-state index in [0.717, 1.165) is 5.52 Å². The number of aromatic nitrogens is 2. The number of H-pyrrole nitrogens is 1. The third kappa shape index (κ3) is 2.73. The summed E-state index contributed by atoms with van der Waals surface area (Å²) in [7, 11) is 0.